The van der Waals surface area contributed by atoms with Gasteiger partial charge in [-0.3, -0.25) is 9.59 Å². The average Bonchev–Trinajstić information content (AvgIpc) is 3.15. The minimum absolute atomic E-state index is 0.181. The summed E-state index contributed by atoms with van der Waals surface area (Å²) in [5, 5.41) is 9.00. The van der Waals surface area contributed by atoms with Crippen LogP contribution in [0.1, 0.15) is 43.7 Å². The molecule has 0 aromatic heterocycles. The highest BCUT2D eigenvalue weighted by molar-refractivity contribution is 7.89. The third-order valence-electron chi connectivity index (χ3n) is 7.31. The summed E-state index contributed by atoms with van der Waals surface area (Å²) in [6.07, 6.45) is -2.50. The fraction of sp³-hybridized carbons (Fsp3) is 0.393. The molecule has 0 saturated carbocycles. The smallest absolute Gasteiger partial charge is 0.301 e. The van der Waals surface area contributed by atoms with E-state index in [9.17, 15) is 35.6 Å². The Morgan fingerprint density at radius 1 is 0.951 bits per heavy atom. The number of amides is 2. The highest BCUT2D eigenvalue weighted by Gasteiger charge is 2.39. The van der Waals surface area contributed by atoms with Crippen LogP contribution in [0.15, 0.2) is 58.5 Å². The fourth-order valence-electron chi connectivity index (χ4n) is 5.02. The fourth-order valence-corrected chi connectivity index (χ4v) is 6.50. The number of carbonyl (C=O) groups excluding carboxylic acids is 2. The number of sulfonamides is 1. The van der Waals surface area contributed by atoms with Gasteiger partial charge in [0, 0.05) is 37.3 Å². The molecular weight excluding hydrogens is 564 g/mol. The number of alkyl halides is 3. The number of carbonyl (C=O) groups is 2. The average molecular weight is 593 g/mol. The van der Waals surface area contributed by atoms with Gasteiger partial charge in [-0.25, -0.2) is 17.7 Å². The minimum atomic E-state index is -4.82. The first-order chi connectivity index (χ1) is 19.4. The molecule has 2 aromatic rings. The number of unbranched alkanes of at least 4 members (excludes halogenated alkanes) is 2. The van der Waals surface area contributed by atoms with E-state index in [4.69, 9.17) is 5.26 Å². The second-order valence-corrected chi connectivity index (χ2v) is 11.8. The van der Waals surface area contributed by atoms with E-state index >= 15 is 0 Å². The molecule has 0 N–H and O–H groups in total. The number of piperazine rings is 1. The van der Waals surface area contributed by atoms with E-state index in [0.717, 1.165) is 29.5 Å². The van der Waals surface area contributed by atoms with Crippen molar-refractivity contribution < 1.29 is 35.6 Å². The molecule has 41 heavy (non-hydrogen) atoms. The van der Waals surface area contributed by atoms with Gasteiger partial charge < -0.3 is 4.90 Å². The molecule has 0 bridgehead atoms. The lowest BCUT2D eigenvalue weighted by Crippen LogP contribution is -2.48. The Morgan fingerprint density at radius 2 is 1.63 bits per heavy atom. The summed E-state index contributed by atoms with van der Waals surface area (Å²) >= 11 is 0. The molecule has 2 heterocycles. The van der Waals surface area contributed by atoms with Crippen LogP contribution in [0.2, 0.25) is 0 Å². The normalized spacial score (nSPS) is 17.4. The van der Waals surface area contributed by atoms with Crippen molar-refractivity contribution in [1.29, 1.82) is 5.26 Å². The Labute approximate surface area is 235 Å². The SMILES string of the molecule is CC1=C(CCCCCN2CCN(S(=O)(=O)c3ccccc3F)CC2)C(=O)N(c2ccc(C#N)c(C(F)(F)F)c2)C1=O. The maximum atomic E-state index is 14.0. The van der Waals surface area contributed by atoms with E-state index in [2.05, 4.69) is 4.90 Å². The van der Waals surface area contributed by atoms with Crippen molar-refractivity contribution in [1.82, 2.24) is 9.21 Å². The molecule has 1 fully saturated rings. The lowest BCUT2D eigenvalue weighted by molar-refractivity contribution is -0.138. The second-order valence-electron chi connectivity index (χ2n) is 9.88. The molecular formula is C28H28F4N4O4S. The lowest BCUT2D eigenvalue weighted by atomic mass is 10.0. The van der Waals surface area contributed by atoms with Gasteiger partial charge in [-0.1, -0.05) is 18.6 Å². The van der Waals surface area contributed by atoms with E-state index in [1.165, 1.54) is 35.5 Å². The summed E-state index contributed by atoms with van der Waals surface area (Å²) in [4.78, 5) is 28.3. The molecule has 13 heteroatoms. The first kappa shape index (κ1) is 30.4. The molecule has 2 aliphatic rings. The van der Waals surface area contributed by atoms with Crippen LogP contribution in [0.4, 0.5) is 23.2 Å². The predicted molar refractivity (Wildman–Crippen MR) is 141 cm³/mol. The van der Waals surface area contributed by atoms with Gasteiger partial charge in [-0.05, 0) is 63.1 Å². The topological polar surface area (TPSA) is 102 Å². The predicted octanol–water partition coefficient (Wildman–Crippen LogP) is 4.47. The Balaban J connectivity index is 1.27. The number of anilines is 1. The maximum absolute atomic E-state index is 14.0. The van der Waals surface area contributed by atoms with Crippen LogP contribution in [0.3, 0.4) is 0 Å². The summed E-state index contributed by atoms with van der Waals surface area (Å²) in [7, 11) is -3.91. The summed E-state index contributed by atoms with van der Waals surface area (Å²) in [5.41, 5.74) is -1.62. The Morgan fingerprint density at radius 3 is 2.27 bits per heavy atom. The number of benzene rings is 2. The third-order valence-corrected chi connectivity index (χ3v) is 9.24. The standard InChI is InChI=1S/C28H28F4N4O4S/c1-19-22(27(38)36(26(19)37)21-11-10-20(18-33)23(17-21)28(30,31)32)7-3-2-6-12-34-13-15-35(16-14-34)41(39,40)25-9-5-4-8-24(25)29/h4-5,8-11,17H,2-3,6-7,12-16H2,1H3. The summed E-state index contributed by atoms with van der Waals surface area (Å²) in [6, 6.07) is 9.50. The molecule has 2 aliphatic heterocycles. The molecule has 0 atom stereocenters. The van der Waals surface area contributed by atoms with Crippen molar-refractivity contribution in [3.05, 3.63) is 70.6 Å². The van der Waals surface area contributed by atoms with Crippen LogP contribution in [0.25, 0.3) is 0 Å². The highest BCUT2D eigenvalue weighted by Crippen LogP contribution is 2.37. The van der Waals surface area contributed by atoms with Gasteiger partial charge in [0.1, 0.15) is 10.7 Å². The zero-order valence-corrected chi connectivity index (χ0v) is 23.1. The van der Waals surface area contributed by atoms with Crippen molar-refractivity contribution in [3.63, 3.8) is 0 Å². The molecule has 2 amide bonds. The quantitative estimate of drug-likeness (QED) is 0.242. The zero-order valence-electron chi connectivity index (χ0n) is 22.2. The van der Waals surface area contributed by atoms with Crippen LogP contribution in [0, 0.1) is 17.1 Å². The molecule has 0 unspecified atom stereocenters. The Kier molecular flexibility index (Phi) is 8.96. The van der Waals surface area contributed by atoms with Crippen LogP contribution in [-0.2, 0) is 25.8 Å². The van der Waals surface area contributed by atoms with Crippen LogP contribution in [0.5, 0.6) is 0 Å². The van der Waals surface area contributed by atoms with Gasteiger partial charge in [0.15, 0.2) is 0 Å². The molecule has 2 aromatic carbocycles. The van der Waals surface area contributed by atoms with E-state index in [1.54, 1.807) is 0 Å². The zero-order chi connectivity index (χ0) is 29.9. The molecule has 0 spiro atoms. The van der Waals surface area contributed by atoms with Gasteiger partial charge in [0.2, 0.25) is 10.0 Å². The lowest BCUT2D eigenvalue weighted by Gasteiger charge is -2.34. The number of nitrogens with zero attached hydrogens (tertiary/aromatic N) is 4. The van der Waals surface area contributed by atoms with Crippen LogP contribution in [-0.4, -0.2) is 62.2 Å². The molecule has 4 rings (SSSR count). The monoisotopic (exact) mass is 592 g/mol. The largest absolute Gasteiger partial charge is 0.417 e. The van der Waals surface area contributed by atoms with Crippen LogP contribution < -0.4 is 4.90 Å². The summed E-state index contributed by atoms with van der Waals surface area (Å²) < 4.78 is 81.0. The Bertz CT molecular complexity index is 1520. The first-order valence-corrected chi connectivity index (χ1v) is 14.5. The van der Waals surface area contributed by atoms with Gasteiger partial charge >= 0.3 is 6.18 Å². The Hall–Kier alpha value is -3.60. The summed E-state index contributed by atoms with van der Waals surface area (Å²) in [5.74, 6) is -2.14. The van der Waals surface area contributed by atoms with Crippen LogP contribution >= 0.6 is 0 Å². The van der Waals surface area contributed by atoms with E-state index in [-0.39, 0.29) is 41.2 Å². The molecule has 0 radical (unpaired) electrons. The number of halogens is 4. The molecule has 0 aliphatic carbocycles. The molecule has 218 valence electrons. The van der Waals surface area contributed by atoms with Crippen molar-refractivity contribution >= 4 is 27.5 Å². The number of imide groups is 1. The second kappa shape index (κ2) is 12.1. The maximum Gasteiger partial charge on any atom is 0.417 e. The third kappa shape index (κ3) is 6.34. The van der Waals surface area contributed by atoms with Crippen molar-refractivity contribution in [3.8, 4) is 6.07 Å². The van der Waals surface area contributed by atoms with Gasteiger partial charge in [0.05, 0.1) is 22.9 Å². The van der Waals surface area contributed by atoms with Gasteiger partial charge in [-0.2, -0.15) is 22.7 Å². The van der Waals surface area contributed by atoms with Crippen molar-refractivity contribution in [2.45, 2.75) is 43.7 Å². The van der Waals surface area contributed by atoms with E-state index < -0.39 is 45.0 Å². The molecule has 8 nitrogen and oxygen atoms in total. The number of hydrogen-bond acceptors (Lipinski definition) is 6. The first-order valence-electron chi connectivity index (χ1n) is 13.0. The highest BCUT2D eigenvalue weighted by atomic mass is 32.2. The van der Waals surface area contributed by atoms with Gasteiger partial charge in [-0.15, -0.1) is 0 Å². The van der Waals surface area contributed by atoms with Gasteiger partial charge in [0.25, 0.3) is 11.8 Å². The summed E-state index contributed by atoms with van der Waals surface area (Å²) in [6.45, 7) is 3.62. The van der Waals surface area contributed by atoms with E-state index in [1.807, 2.05) is 0 Å². The number of hydrogen-bond donors (Lipinski definition) is 0. The van der Waals surface area contributed by atoms with Crippen molar-refractivity contribution in [2.24, 2.45) is 0 Å². The minimum Gasteiger partial charge on any atom is -0.301 e. The molecule has 1 saturated heterocycles. The van der Waals surface area contributed by atoms with E-state index in [0.29, 0.717) is 38.5 Å². The van der Waals surface area contributed by atoms with Crippen molar-refractivity contribution in [2.75, 3.05) is 37.6 Å². The number of rotatable bonds is 9. The number of nitriles is 1.